The van der Waals surface area contributed by atoms with Crippen LogP contribution < -0.4 is 5.43 Å². The fraction of sp³-hybridized carbons (Fsp3) is 0.500. The lowest BCUT2D eigenvalue weighted by Crippen LogP contribution is -2.43. The van der Waals surface area contributed by atoms with Crippen LogP contribution >= 0.6 is 11.3 Å². The maximum atomic E-state index is 12.6. The van der Waals surface area contributed by atoms with Gasteiger partial charge in [0.2, 0.25) is 0 Å². The molecule has 0 spiro atoms. The largest absolute Gasteiger partial charge is 0.478 e. The number of fused-ring (bicyclic) bond motifs is 1. The summed E-state index contributed by atoms with van der Waals surface area (Å²) in [4.78, 5) is 25.0. The van der Waals surface area contributed by atoms with Gasteiger partial charge in [-0.15, -0.1) is 11.3 Å². The number of carbonyl (C=O) groups is 1. The van der Waals surface area contributed by atoms with Gasteiger partial charge in [0.15, 0.2) is 5.43 Å². The minimum atomic E-state index is -0.980. The van der Waals surface area contributed by atoms with Crippen LogP contribution in [0.5, 0.6) is 0 Å². The molecule has 4 aliphatic rings. The Kier molecular flexibility index (Phi) is 3.15. The average Bonchev–Trinajstić information content (AvgIpc) is 2.53. The Bertz CT molecular complexity index is 869. The van der Waals surface area contributed by atoms with Gasteiger partial charge in [0.1, 0.15) is 0 Å². The SMILES string of the molecule is O=C(O)c1ccc2sc(C3C4CC5CC(C4)CC3C5)cc(=O)c2c1. The van der Waals surface area contributed by atoms with E-state index < -0.39 is 5.97 Å². The van der Waals surface area contributed by atoms with Gasteiger partial charge >= 0.3 is 5.97 Å². The Balaban J connectivity index is 1.59. The van der Waals surface area contributed by atoms with Crippen LogP contribution in [0, 0.1) is 23.7 Å². The van der Waals surface area contributed by atoms with E-state index in [0.717, 1.165) is 28.4 Å². The molecule has 0 unspecified atom stereocenters. The van der Waals surface area contributed by atoms with Crippen LogP contribution in [0.15, 0.2) is 29.1 Å². The van der Waals surface area contributed by atoms with Gasteiger partial charge in [0.25, 0.3) is 0 Å². The van der Waals surface area contributed by atoms with E-state index in [4.69, 9.17) is 5.11 Å². The molecule has 6 rings (SSSR count). The molecular weight excluding hydrogens is 320 g/mol. The highest BCUT2D eigenvalue weighted by atomic mass is 32.1. The molecule has 1 aromatic carbocycles. The maximum Gasteiger partial charge on any atom is 0.335 e. The summed E-state index contributed by atoms with van der Waals surface area (Å²) in [6.07, 6.45) is 6.80. The first-order chi connectivity index (χ1) is 11.6. The number of benzene rings is 1. The summed E-state index contributed by atoms with van der Waals surface area (Å²) < 4.78 is 0.927. The molecule has 4 saturated carbocycles. The molecule has 4 fully saturated rings. The number of aromatic carboxylic acids is 1. The highest BCUT2D eigenvalue weighted by molar-refractivity contribution is 7.18. The third-order valence-electron chi connectivity index (χ3n) is 6.55. The van der Waals surface area contributed by atoms with Crippen molar-refractivity contribution in [3.8, 4) is 0 Å². The fourth-order valence-corrected chi connectivity index (χ4v) is 7.21. The van der Waals surface area contributed by atoms with E-state index in [1.165, 1.54) is 43.0 Å². The lowest BCUT2D eigenvalue weighted by atomic mass is 9.51. The smallest absolute Gasteiger partial charge is 0.335 e. The van der Waals surface area contributed by atoms with Crippen LogP contribution in [0.2, 0.25) is 0 Å². The Morgan fingerprint density at radius 3 is 2.29 bits per heavy atom. The van der Waals surface area contributed by atoms with Crippen molar-refractivity contribution in [2.24, 2.45) is 23.7 Å². The van der Waals surface area contributed by atoms with Gasteiger partial charge in [0.05, 0.1) is 5.56 Å². The second-order valence-electron chi connectivity index (χ2n) is 7.99. The Hall–Kier alpha value is -1.68. The third kappa shape index (κ3) is 2.16. The molecule has 0 radical (unpaired) electrons. The van der Waals surface area contributed by atoms with Gasteiger partial charge in [-0.25, -0.2) is 4.79 Å². The number of hydrogen-bond donors (Lipinski definition) is 1. The Morgan fingerprint density at radius 1 is 1.00 bits per heavy atom. The van der Waals surface area contributed by atoms with Gasteiger partial charge in [-0.3, -0.25) is 4.79 Å². The number of hydrogen-bond acceptors (Lipinski definition) is 3. The van der Waals surface area contributed by atoms with Crippen molar-refractivity contribution in [3.05, 3.63) is 44.9 Å². The molecule has 0 saturated heterocycles. The summed E-state index contributed by atoms with van der Waals surface area (Å²) >= 11 is 1.71. The van der Waals surface area contributed by atoms with Gasteiger partial charge in [-0.2, -0.15) is 0 Å². The zero-order valence-electron chi connectivity index (χ0n) is 13.4. The molecule has 3 nitrogen and oxygen atoms in total. The molecule has 0 amide bonds. The highest BCUT2D eigenvalue weighted by Crippen LogP contribution is 2.60. The van der Waals surface area contributed by atoms with E-state index in [2.05, 4.69) is 0 Å². The number of carboxylic acids is 1. The molecule has 24 heavy (non-hydrogen) atoms. The zero-order chi connectivity index (χ0) is 16.4. The van der Waals surface area contributed by atoms with Gasteiger partial charge < -0.3 is 5.11 Å². The highest BCUT2D eigenvalue weighted by Gasteiger charge is 2.48. The number of carboxylic acid groups (broad SMARTS) is 1. The fourth-order valence-electron chi connectivity index (χ4n) is 5.86. The molecule has 1 N–H and O–H groups in total. The van der Waals surface area contributed by atoms with Crippen LogP contribution in [-0.4, -0.2) is 11.1 Å². The van der Waals surface area contributed by atoms with E-state index in [0.29, 0.717) is 11.3 Å². The van der Waals surface area contributed by atoms with Crippen LogP contribution in [-0.2, 0) is 0 Å². The maximum absolute atomic E-state index is 12.6. The molecule has 2 aromatic rings. The molecule has 4 aliphatic carbocycles. The summed E-state index contributed by atoms with van der Waals surface area (Å²) in [5, 5.41) is 9.68. The van der Waals surface area contributed by atoms with Crippen molar-refractivity contribution in [1.29, 1.82) is 0 Å². The Morgan fingerprint density at radius 2 is 1.67 bits per heavy atom. The third-order valence-corrected chi connectivity index (χ3v) is 7.75. The van der Waals surface area contributed by atoms with Crippen molar-refractivity contribution in [2.75, 3.05) is 0 Å². The van der Waals surface area contributed by atoms with E-state index in [1.54, 1.807) is 17.4 Å². The van der Waals surface area contributed by atoms with E-state index in [9.17, 15) is 9.59 Å². The molecule has 0 atom stereocenters. The second kappa shape index (κ2) is 5.16. The van der Waals surface area contributed by atoms with Crippen molar-refractivity contribution in [3.63, 3.8) is 0 Å². The molecule has 0 aliphatic heterocycles. The first-order valence-electron chi connectivity index (χ1n) is 8.89. The topological polar surface area (TPSA) is 54.4 Å². The van der Waals surface area contributed by atoms with Crippen LogP contribution in [0.4, 0.5) is 0 Å². The predicted octanol–water partition coefficient (Wildman–Crippen LogP) is 4.50. The quantitative estimate of drug-likeness (QED) is 0.876. The normalized spacial score (nSPS) is 33.9. The summed E-state index contributed by atoms with van der Waals surface area (Å²) in [6, 6.07) is 6.76. The first kappa shape index (κ1) is 14.6. The molecule has 1 aromatic heterocycles. The summed E-state index contributed by atoms with van der Waals surface area (Å²) in [7, 11) is 0. The first-order valence-corrected chi connectivity index (χ1v) is 9.71. The summed E-state index contributed by atoms with van der Waals surface area (Å²) in [5.74, 6) is 2.95. The van der Waals surface area contributed by atoms with Crippen molar-refractivity contribution in [1.82, 2.24) is 0 Å². The summed E-state index contributed by atoms with van der Waals surface area (Å²) in [6.45, 7) is 0. The van der Waals surface area contributed by atoms with E-state index in [-0.39, 0.29) is 11.0 Å². The second-order valence-corrected chi connectivity index (χ2v) is 9.10. The van der Waals surface area contributed by atoms with Crippen LogP contribution in [0.1, 0.15) is 53.3 Å². The number of rotatable bonds is 2. The zero-order valence-corrected chi connectivity index (χ0v) is 14.2. The summed E-state index contributed by atoms with van der Waals surface area (Å²) in [5.41, 5.74) is 0.171. The van der Waals surface area contributed by atoms with E-state index >= 15 is 0 Å². The minimum Gasteiger partial charge on any atom is -0.478 e. The minimum absolute atomic E-state index is 0.0179. The monoisotopic (exact) mass is 340 g/mol. The van der Waals surface area contributed by atoms with Gasteiger partial charge in [-0.1, -0.05) is 0 Å². The van der Waals surface area contributed by atoms with Gasteiger partial charge in [0, 0.05) is 15.0 Å². The molecule has 4 bridgehead atoms. The lowest BCUT2D eigenvalue weighted by molar-refractivity contribution is -0.00165. The van der Waals surface area contributed by atoms with Crippen molar-refractivity contribution in [2.45, 2.75) is 38.0 Å². The molecule has 124 valence electrons. The lowest BCUT2D eigenvalue weighted by Gasteiger charge is -2.54. The molecular formula is C20H20O3S. The van der Waals surface area contributed by atoms with Crippen LogP contribution in [0.25, 0.3) is 10.1 Å². The van der Waals surface area contributed by atoms with Crippen molar-refractivity contribution < 1.29 is 9.90 Å². The van der Waals surface area contributed by atoms with Gasteiger partial charge in [-0.05, 0) is 86.0 Å². The Labute approximate surface area is 144 Å². The van der Waals surface area contributed by atoms with Crippen LogP contribution in [0.3, 0.4) is 0 Å². The predicted molar refractivity (Wildman–Crippen MR) is 94.8 cm³/mol. The molecule has 1 heterocycles. The average molecular weight is 340 g/mol. The van der Waals surface area contributed by atoms with Crippen molar-refractivity contribution >= 4 is 27.4 Å². The molecule has 4 heteroatoms. The van der Waals surface area contributed by atoms with E-state index in [1.807, 2.05) is 12.1 Å². The standard InChI is InChI=1S/C20H20O3S/c21-16-9-18(24-17-2-1-12(20(22)23)8-15(16)17)19-13-4-10-3-11(6-13)7-14(19)5-10/h1-2,8-11,13-14,19H,3-7H2,(H,22,23).